The number of halogens is 5. The zero-order valence-electron chi connectivity index (χ0n) is 24.5. The highest BCUT2D eigenvalue weighted by Crippen LogP contribution is 2.40. The number of amides is 2. The van der Waals surface area contributed by atoms with E-state index in [4.69, 9.17) is 27.9 Å². The van der Waals surface area contributed by atoms with Crippen molar-refractivity contribution in [1.29, 1.82) is 0 Å². The van der Waals surface area contributed by atoms with E-state index in [1.54, 1.807) is 34.6 Å². The first-order valence-electron chi connectivity index (χ1n) is 13.7. The van der Waals surface area contributed by atoms with Crippen LogP contribution in [0.5, 0.6) is 0 Å². The van der Waals surface area contributed by atoms with Crippen molar-refractivity contribution >= 4 is 50.9 Å². The molecule has 0 radical (unpaired) electrons. The molecule has 0 bridgehead atoms. The summed E-state index contributed by atoms with van der Waals surface area (Å²) < 4.78 is 75.6. The fourth-order valence-electron chi connectivity index (χ4n) is 4.82. The van der Waals surface area contributed by atoms with E-state index in [1.807, 2.05) is 0 Å². The van der Waals surface area contributed by atoms with E-state index in [0.717, 1.165) is 12.1 Å². The standard InChI is InChI=1S/C29H36Cl2F3N3O5S/c1-18(2)25(26(38)36-14-6-7-19(17-36)16-35-27(39)42-28(3,4)5)37(43(40,41)22-11-9-21(30)10-12-22)24-15-20(29(32,33)34)8-13-23(24)31/h8-13,15,18-19,25H,6-7,14,16-17H2,1-5H3,(H,35,39)/t19-,25?/m0/s1. The van der Waals surface area contributed by atoms with Crippen molar-refractivity contribution in [1.82, 2.24) is 10.2 Å². The van der Waals surface area contributed by atoms with Gasteiger partial charge in [0.05, 0.1) is 21.2 Å². The molecule has 1 aliphatic rings. The maximum Gasteiger partial charge on any atom is 0.416 e. The smallest absolute Gasteiger partial charge is 0.416 e. The highest BCUT2D eigenvalue weighted by Gasteiger charge is 2.43. The molecular weight excluding hydrogens is 630 g/mol. The lowest BCUT2D eigenvalue weighted by atomic mass is 9.95. The molecule has 2 amide bonds. The van der Waals surface area contributed by atoms with Crippen LogP contribution in [0.1, 0.15) is 53.0 Å². The number of benzene rings is 2. The molecule has 8 nitrogen and oxygen atoms in total. The molecule has 1 saturated heterocycles. The molecule has 1 N–H and O–H groups in total. The van der Waals surface area contributed by atoms with Crippen molar-refractivity contribution in [2.45, 2.75) is 70.2 Å². The van der Waals surface area contributed by atoms with Gasteiger partial charge in [0.2, 0.25) is 5.91 Å². The topological polar surface area (TPSA) is 96.0 Å². The third-order valence-corrected chi connectivity index (χ3v) is 9.16. The van der Waals surface area contributed by atoms with Crippen molar-refractivity contribution in [3.63, 3.8) is 0 Å². The van der Waals surface area contributed by atoms with Gasteiger partial charge < -0.3 is 15.0 Å². The zero-order valence-corrected chi connectivity index (χ0v) is 26.9. The lowest BCUT2D eigenvalue weighted by Crippen LogP contribution is -2.56. The Labute approximate surface area is 260 Å². The van der Waals surface area contributed by atoms with Gasteiger partial charge in [0.1, 0.15) is 11.6 Å². The van der Waals surface area contributed by atoms with Crippen LogP contribution in [-0.2, 0) is 25.7 Å². The second-order valence-electron chi connectivity index (χ2n) is 11.8. The van der Waals surface area contributed by atoms with Crippen LogP contribution in [0.25, 0.3) is 0 Å². The van der Waals surface area contributed by atoms with Gasteiger partial charge in [0.25, 0.3) is 10.0 Å². The van der Waals surface area contributed by atoms with Crippen LogP contribution < -0.4 is 9.62 Å². The summed E-state index contributed by atoms with van der Waals surface area (Å²) in [4.78, 5) is 27.6. The molecule has 14 heteroatoms. The Kier molecular flexibility index (Phi) is 10.9. The molecule has 1 aliphatic heterocycles. The van der Waals surface area contributed by atoms with Gasteiger partial charge in [-0.15, -0.1) is 0 Å². The van der Waals surface area contributed by atoms with Crippen molar-refractivity contribution in [2.24, 2.45) is 11.8 Å². The molecule has 3 rings (SSSR count). The number of piperidine rings is 1. The Morgan fingerprint density at radius 1 is 1.09 bits per heavy atom. The Hall–Kier alpha value is -2.70. The van der Waals surface area contributed by atoms with Gasteiger partial charge in [-0.1, -0.05) is 37.0 Å². The third kappa shape index (κ3) is 8.92. The van der Waals surface area contributed by atoms with E-state index >= 15 is 0 Å². The largest absolute Gasteiger partial charge is 0.444 e. The zero-order chi connectivity index (χ0) is 32.3. The Balaban J connectivity index is 2.03. The normalized spacial score (nSPS) is 17.0. The number of hydrogen-bond donors (Lipinski definition) is 1. The second kappa shape index (κ2) is 13.5. The summed E-state index contributed by atoms with van der Waals surface area (Å²) in [7, 11) is -4.63. The van der Waals surface area contributed by atoms with Crippen molar-refractivity contribution in [3.05, 3.63) is 58.1 Å². The number of carbonyl (C=O) groups is 2. The van der Waals surface area contributed by atoms with Crippen LogP contribution in [0.4, 0.5) is 23.7 Å². The van der Waals surface area contributed by atoms with Gasteiger partial charge in [-0.05, 0) is 87.9 Å². The summed E-state index contributed by atoms with van der Waals surface area (Å²) >= 11 is 12.3. The van der Waals surface area contributed by atoms with E-state index in [0.29, 0.717) is 29.8 Å². The predicted octanol–water partition coefficient (Wildman–Crippen LogP) is 7.00. The molecule has 0 spiro atoms. The molecule has 1 heterocycles. The monoisotopic (exact) mass is 665 g/mol. The van der Waals surface area contributed by atoms with Crippen LogP contribution in [0.3, 0.4) is 0 Å². The van der Waals surface area contributed by atoms with Gasteiger partial charge >= 0.3 is 12.3 Å². The van der Waals surface area contributed by atoms with E-state index in [9.17, 15) is 31.2 Å². The quantitative estimate of drug-likeness (QED) is 0.328. The van der Waals surface area contributed by atoms with Crippen LogP contribution in [0, 0.1) is 11.8 Å². The van der Waals surface area contributed by atoms with Crippen LogP contribution in [0.15, 0.2) is 47.4 Å². The van der Waals surface area contributed by atoms with E-state index in [-0.39, 0.29) is 33.9 Å². The van der Waals surface area contributed by atoms with Gasteiger partial charge in [0, 0.05) is 24.7 Å². The van der Waals surface area contributed by atoms with Crippen LogP contribution in [0.2, 0.25) is 10.0 Å². The third-order valence-electron chi connectivity index (χ3n) is 6.78. The maximum absolute atomic E-state index is 14.2. The van der Waals surface area contributed by atoms with Crippen LogP contribution >= 0.6 is 23.2 Å². The van der Waals surface area contributed by atoms with Crippen molar-refractivity contribution in [2.75, 3.05) is 23.9 Å². The SMILES string of the molecule is CC(C)C(C(=O)N1CCC[C@@H](CNC(=O)OC(C)(C)C)C1)N(c1cc(C(F)(F)F)ccc1Cl)S(=O)(=O)c1ccc(Cl)cc1. The summed E-state index contributed by atoms with van der Waals surface area (Å²) in [6.45, 7) is 9.15. The average Bonchev–Trinajstić information content (AvgIpc) is 2.89. The molecule has 1 unspecified atom stereocenters. The number of rotatable bonds is 8. The number of ether oxygens (including phenoxy) is 1. The van der Waals surface area contributed by atoms with Gasteiger partial charge in [-0.25, -0.2) is 13.2 Å². The number of sulfonamides is 1. The summed E-state index contributed by atoms with van der Waals surface area (Å²) in [6, 6.07) is 6.00. The summed E-state index contributed by atoms with van der Waals surface area (Å²) in [5.41, 5.74) is -2.28. The number of nitrogens with zero attached hydrogens (tertiary/aromatic N) is 2. The minimum Gasteiger partial charge on any atom is -0.444 e. The van der Waals surface area contributed by atoms with E-state index < -0.39 is 57.0 Å². The Morgan fingerprint density at radius 2 is 1.72 bits per heavy atom. The van der Waals surface area contributed by atoms with Crippen molar-refractivity contribution < 1.29 is 35.9 Å². The highest BCUT2D eigenvalue weighted by molar-refractivity contribution is 7.93. The Morgan fingerprint density at radius 3 is 2.28 bits per heavy atom. The molecule has 238 valence electrons. The molecule has 0 aliphatic carbocycles. The van der Waals surface area contributed by atoms with E-state index in [2.05, 4.69) is 5.32 Å². The minimum atomic E-state index is -4.80. The maximum atomic E-state index is 14.2. The summed E-state index contributed by atoms with van der Waals surface area (Å²) in [6.07, 6.45) is -4.13. The lowest BCUT2D eigenvalue weighted by Gasteiger charge is -2.40. The predicted molar refractivity (Wildman–Crippen MR) is 160 cm³/mol. The molecule has 2 aromatic rings. The highest BCUT2D eigenvalue weighted by atomic mass is 35.5. The molecular formula is C29H36Cl2F3N3O5S. The first-order valence-corrected chi connectivity index (χ1v) is 15.9. The fourth-order valence-corrected chi connectivity index (χ4v) is 6.96. The number of likely N-dealkylation sites (tertiary alicyclic amines) is 1. The molecule has 1 fully saturated rings. The first kappa shape index (κ1) is 34.8. The molecule has 0 aromatic heterocycles. The van der Waals surface area contributed by atoms with Crippen molar-refractivity contribution in [3.8, 4) is 0 Å². The first-order chi connectivity index (χ1) is 19.8. The number of nitrogens with one attached hydrogen (secondary N) is 1. The number of hydrogen-bond acceptors (Lipinski definition) is 5. The number of anilines is 1. The summed E-state index contributed by atoms with van der Waals surface area (Å²) in [5.74, 6) is -1.43. The van der Waals surface area contributed by atoms with Gasteiger partial charge in [-0.3, -0.25) is 9.10 Å². The number of alkyl halides is 3. The second-order valence-corrected chi connectivity index (χ2v) is 14.4. The number of alkyl carbamates (subject to hydrolysis) is 1. The lowest BCUT2D eigenvalue weighted by molar-refractivity contribution is -0.137. The Bertz CT molecular complexity index is 1410. The molecule has 2 atom stereocenters. The van der Waals surface area contributed by atoms with E-state index in [1.165, 1.54) is 29.2 Å². The molecule has 0 saturated carbocycles. The van der Waals surface area contributed by atoms with Crippen LogP contribution in [-0.4, -0.2) is 56.6 Å². The average molecular weight is 667 g/mol. The molecule has 43 heavy (non-hydrogen) atoms. The number of carbonyl (C=O) groups excluding carboxylic acids is 2. The van der Waals surface area contributed by atoms with Gasteiger partial charge in [0.15, 0.2) is 0 Å². The van der Waals surface area contributed by atoms with Gasteiger partial charge in [-0.2, -0.15) is 13.2 Å². The summed E-state index contributed by atoms with van der Waals surface area (Å²) in [5, 5.41) is 2.68. The minimum absolute atomic E-state index is 0.156. The molecule has 2 aromatic carbocycles. The fraction of sp³-hybridized carbons (Fsp3) is 0.517.